The minimum atomic E-state index is -4.99. The third-order valence-corrected chi connectivity index (χ3v) is 4.92. The van der Waals surface area contributed by atoms with E-state index in [4.69, 9.17) is 5.73 Å². The molecule has 1 aromatic heterocycles. The second-order valence-electron chi connectivity index (χ2n) is 4.01. The van der Waals surface area contributed by atoms with E-state index in [0.29, 0.717) is 17.4 Å². The highest BCUT2D eigenvalue weighted by atomic mass is 79.9. The minimum Gasteiger partial charge on any atom is -0.365 e. The molecule has 1 amide bonds. The average Bonchev–Trinajstić information content (AvgIpc) is 2.63. The van der Waals surface area contributed by atoms with Crippen LogP contribution in [-0.2, 0) is 12.4 Å². The van der Waals surface area contributed by atoms with Gasteiger partial charge in [-0.05, 0) is 28.1 Å². The van der Waals surface area contributed by atoms with Gasteiger partial charge < -0.3 is 5.73 Å². The molecule has 2 N–H and O–H groups in total. The number of thiophene rings is 1. The molecule has 114 valence electrons. The summed E-state index contributed by atoms with van der Waals surface area (Å²) in [7, 11) is 0. The summed E-state index contributed by atoms with van der Waals surface area (Å²) in [6, 6.07) is 0.577. The number of benzene rings is 1. The first-order chi connectivity index (χ1) is 9.43. The molecule has 2 aromatic rings. The minimum absolute atomic E-state index is 0.0239. The highest BCUT2D eigenvalue weighted by molar-refractivity contribution is 9.10. The second-order valence-corrected chi connectivity index (χ2v) is 5.82. The Hall–Kier alpha value is -1.29. The summed E-state index contributed by atoms with van der Waals surface area (Å²) >= 11 is 3.23. The molecule has 0 fully saturated rings. The topological polar surface area (TPSA) is 43.1 Å². The van der Waals surface area contributed by atoms with Crippen LogP contribution in [0.2, 0.25) is 0 Å². The van der Waals surface area contributed by atoms with E-state index >= 15 is 0 Å². The number of fused-ring (bicyclic) bond motifs is 1. The highest BCUT2D eigenvalue weighted by Crippen LogP contribution is 2.46. The monoisotopic (exact) mass is 391 g/mol. The fourth-order valence-electron chi connectivity index (χ4n) is 1.70. The molecule has 0 radical (unpaired) electrons. The summed E-state index contributed by atoms with van der Waals surface area (Å²) in [6.07, 6.45) is -9.93. The molecule has 0 aliphatic rings. The maximum absolute atomic E-state index is 12.9. The molecule has 2 nitrogen and oxygen atoms in total. The zero-order valence-corrected chi connectivity index (χ0v) is 12.1. The molecular weight excluding hydrogens is 388 g/mol. The van der Waals surface area contributed by atoms with Gasteiger partial charge in [-0.3, -0.25) is 4.79 Å². The van der Waals surface area contributed by atoms with Gasteiger partial charge in [-0.25, -0.2) is 0 Å². The molecule has 0 saturated carbocycles. The fraction of sp³-hybridized carbons (Fsp3) is 0.182. The molecule has 21 heavy (non-hydrogen) atoms. The van der Waals surface area contributed by atoms with Gasteiger partial charge in [0.2, 0.25) is 0 Å². The van der Waals surface area contributed by atoms with Crippen LogP contribution in [0.25, 0.3) is 10.1 Å². The van der Waals surface area contributed by atoms with Crippen molar-refractivity contribution < 1.29 is 31.1 Å². The van der Waals surface area contributed by atoms with Crippen LogP contribution in [0.5, 0.6) is 0 Å². The Balaban J connectivity index is 2.92. The summed E-state index contributed by atoms with van der Waals surface area (Å²) in [5, 5.41) is -0.351. The van der Waals surface area contributed by atoms with Crippen molar-refractivity contribution in [2.75, 3.05) is 0 Å². The van der Waals surface area contributed by atoms with Crippen LogP contribution in [0.15, 0.2) is 16.6 Å². The number of carbonyl (C=O) groups excluding carboxylic acids is 1. The van der Waals surface area contributed by atoms with E-state index in [1.165, 1.54) is 0 Å². The Kier molecular flexibility index (Phi) is 3.73. The van der Waals surface area contributed by atoms with Gasteiger partial charge in [0.15, 0.2) is 0 Å². The van der Waals surface area contributed by atoms with E-state index in [9.17, 15) is 31.1 Å². The standard InChI is InChI=1S/C11H4BrF6NOS/c12-6-4-1-3(10(13,14)15)2-5(11(16,17)18)7(4)21-8(6)9(19)20/h1-2H,(H2,19,20). The van der Waals surface area contributed by atoms with Gasteiger partial charge in [0, 0.05) is 14.6 Å². The third-order valence-electron chi connectivity index (χ3n) is 2.59. The Morgan fingerprint density at radius 3 is 2.10 bits per heavy atom. The zero-order chi connectivity index (χ0) is 16.2. The maximum atomic E-state index is 12.9. The molecule has 0 saturated heterocycles. The lowest BCUT2D eigenvalue weighted by Gasteiger charge is -2.12. The second kappa shape index (κ2) is 4.87. The molecule has 0 unspecified atom stereocenters. The number of nitrogens with two attached hydrogens (primary N) is 1. The number of hydrogen-bond donors (Lipinski definition) is 1. The predicted octanol–water partition coefficient (Wildman–Crippen LogP) is 4.80. The molecule has 0 aliphatic heterocycles. The van der Waals surface area contributed by atoms with Crippen molar-refractivity contribution in [2.24, 2.45) is 5.73 Å². The summed E-state index contributed by atoms with van der Waals surface area (Å²) in [4.78, 5) is 10.9. The van der Waals surface area contributed by atoms with Crippen LogP contribution in [0.4, 0.5) is 26.3 Å². The van der Waals surface area contributed by atoms with E-state index < -0.39 is 34.1 Å². The molecule has 0 spiro atoms. The largest absolute Gasteiger partial charge is 0.417 e. The quantitative estimate of drug-likeness (QED) is 0.697. The fourth-order valence-corrected chi connectivity index (χ4v) is 3.65. The van der Waals surface area contributed by atoms with Crippen molar-refractivity contribution in [3.8, 4) is 0 Å². The van der Waals surface area contributed by atoms with E-state index in [1.807, 2.05) is 0 Å². The Morgan fingerprint density at radius 2 is 1.67 bits per heavy atom. The first-order valence-electron chi connectivity index (χ1n) is 5.13. The van der Waals surface area contributed by atoms with Crippen molar-refractivity contribution in [1.29, 1.82) is 0 Å². The van der Waals surface area contributed by atoms with Crippen molar-refractivity contribution in [1.82, 2.24) is 0 Å². The van der Waals surface area contributed by atoms with Crippen LogP contribution < -0.4 is 5.73 Å². The zero-order valence-electron chi connectivity index (χ0n) is 9.69. The van der Waals surface area contributed by atoms with Gasteiger partial charge in [0.05, 0.1) is 11.1 Å². The summed E-state index contributed by atoms with van der Waals surface area (Å²) in [6.45, 7) is 0. The molecule has 0 bridgehead atoms. The van der Waals surface area contributed by atoms with Crippen LogP contribution in [-0.4, -0.2) is 5.91 Å². The molecule has 0 atom stereocenters. The molecule has 10 heteroatoms. The van der Waals surface area contributed by atoms with Crippen molar-refractivity contribution in [3.05, 3.63) is 32.6 Å². The maximum Gasteiger partial charge on any atom is 0.417 e. The SMILES string of the molecule is NC(=O)c1sc2c(C(F)(F)F)cc(C(F)(F)F)cc2c1Br. The number of halogens is 7. The van der Waals surface area contributed by atoms with Gasteiger partial charge in [0.25, 0.3) is 5.91 Å². The Bertz CT molecular complexity index is 733. The summed E-state index contributed by atoms with van der Waals surface area (Å²) in [5.41, 5.74) is 2.10. The predicted molar refractivity (Wildman–Crippen MR) is 68.0 cm³/mol. The number of rotatable bonds is 1. The molecule has 1 heterocycles. The molecular formula is C11H4BrF6NOS. The van der Waals surface area contributed by atoms with Gasteiger partial charge in [0.1, 0.15) is 4.88 Å². The van der Waals surface area contributed by atoms with E-state index in [1.54, 1.807) is 0 Å². The van der Waals surface area contributed by atoms with E-state index in [2.05, 4.69) is 15.9 Å². The number of hydrogen-bond acceptors (Lipinski definition) is 2. The number of carbonyl (C=O) groups is 1. The Morgan fingerprint density at radius 1 is 1.10 bits per heavy atom. The van der Waals surface area contributed by atoms with Gasteiger partial charge in [-0.1, -0.05) is 0 Å². The van der Waals surface area contributed by atoms with Crippen molar-refractivity contribution in [3.63, 3.8) is 0 Å². The smallest absolute Gasteiger partial charge is 0.365 e. The van der Waals surface area contributed by atoms with E-state index in [-0.39, 0.29) is 20.8 Å². The third kappa shape index (κ3) is 2.86. The normalized spacial score (nSPS) is 12.9. The van der Waals surface area contributed by atoms with Crippen molar-refractivity contribution >= 4 is 43.3 Å². The van der Waals surface area contributed by atoms with Crippen LogP contribution in [0.3, 0.4) is 0 Å². The first kappa shape index (κ1) is 16.1. The summed E-state index contributed by atoms with van der Waals surface area (Å²) < 4.78 is 76.3. The molecule has 1 aromatic carbocycles. The van der Waals surface area contributed by atoms with Crippen LogP contribution in [0, 0.1) is 0 Å². The lowest BCUT2D eigenvalue weighted by atomic mass is 10.1. The lowest BCUT2D eigenvalue weighted by Crippen LogP contribution is -2.10. The van der Waals surface area contributed by atoms with Crippen LogP contribution >= 0.6 is 27.3 Å². The van der Waals surface area contributed by atoms with Crippen molar-refractivity contribution in [2.45, 2.75) is 12.4 Å². The van der Waals surface area contributed by atoms with Crippen LogP contribution in [0.1, 0.15) is 20.8 Å². The van der Waals surface area contributed by atoms with Gasteiger partial charge in [-0.15, -0.1) is 11.3 Å². The summed E-state index contributed by atoms with van der Waals surface area (Å²) in [5.74, 6) is -1.02. The van der Waals surface area contributed by atoms with Gasteiger partial charge in [-0.2, -0.15) is 26.3 Å². The average molecular weight is 392 g/mol. The number of amides is 1. The number of primary amides is 1. The molecule has 2 rings (SSSR count). The van der Waals surface area contributed by atoms with E-state index in [0.717, 1.165) is 0 Å². The number of alkyl halides is 6. The molecule has 0 aliphatic carbocycles. The lowest BCUT2D eigenvalue weighted by molar-refractivity contribution is -0.142. The Labute approximate surface area is 125 Å². The first-order valence-corrected chi connectivity index (χ1v) is 6.74. The van der Waals surface area contributed by atoms with Gasteiger partial charge >= 0.3 is 12.4 Å². The highest BCUT2D eigenvalue weighted by Gasteiger charge is 2.39.